The molecule has 6 heteroatoms. The van der Waals surface area contributed by atoms with Gasteiger partial charge in [-0.2, -0.15) is 9.64 Å². The maximum absolute atomic E-state index is 8.94. The van der Waals surface area contributed by atoms with Crippen molar-refractivity contribution in [2.75, 3.05) is 11.9 Å². The third kappa shape index (κ3) is 2.38. The molecule has 0 unspecified atom stereocenters. The Morgan fingerprint density at radius 2 is 2.44 bits per heavy atom. The van der Waals surface area contributed by atoms with Crippen molar-refractivity contribution in [1.29, 1.82) is 5.26 Å². The van der Waals surface area contributed by atoms with Crippen LogP contribution in [0.15, 0.2) is 11.6 Å². The molecule has 0 amide bonds. The van der Waals surface area contributed by atoms with E-state index in [-0.39, 0.29) is 0 Å². The highest BCUT2D eigenvalue weighted by Crippen LogP contribution is 2.23. The minimum atomic E-state index is 0.657. The first-order valence-electron chi connectivity index (χ1n) is 4.80. The number of aryl methyl sites for hydroxylation is 1. The van der Waals surface area contributed by atoms with Gasteiger partial charge >= 0.3 is 0 Å². The molecule has 2 rings (SSSR count). The van der Waals surface area contributed by atoms with Crippen molar-refractivity contribution in [1.82, 2.24) is 9.36 Å². The monoisotopic (exact) mass is 250 g/mol. The van der Waals surface area contributed by atoms with Gasteiger partial charge in [-0.1, -0.05) is 0 Å². The van der Waals surface area contributed by atoms with Crippen LogP contribution in [0, 0.1) is 18.3 Å². The molecular weight excluding hydrogens is 240 g/mol. The molecule has 0 radical (unpaired) electrons. The number of rotatable bonds is 4. The minimum Gasteiger partial charge on any atom is -0.374 e. The summed E-state index contributed by atoms with van der Waals surface area (Å²) in [5, 5.41) is 16.1. The molecule has 2 aromatic rings. The number of hydrogen-bond donors (Lipinski definition) is 1. The van der Waals surface area contributed by atoms with Gasteiger partial charge in [0.1, 0.15) is 16.6 Å². The average molecular weight is 250 g/mol. The molecule has 4 nitrogen and oxygen atoms in total. The lowest BCUT2D eigenvalue weighted by Gasteiger charge is -2.01. The molecule has 0 fully saturated rings. The summed E-state index contributed by atoms with van der Waals surface area (Å²) in [4.78, 5) is 4.20. The number of nitrogens with one attached hydrogen (secondary N) is 1. The van der Waals surface area contributed by atoms with Gasteiger partial charge in [0.15, 0.2) is 0 Å². The van der Waals surface area contributed by atoms with Crippen LogP contribution >= 0.6 is 22.9 Å². The number of nitriles is 1. The van der Waals surface area contributed by atoms with Crippen molar-refractivity contribution in [2.24, 2.45) is 0 Å². The fraction of sp³-hybridized carbons (Fsp3) is 0.300. The van der Waals surface area contributed by atoms with Crippen molar-refractivity contribution in [3.63, 3.8) is 0 Å². The zero-order valence-corrected chi connectivity index (χ0v) is 10.4. The van der Waals surface area contributed by atoms with E-state index in [1.807, 2.05) is 12.3 Å². The summed E-state index contributed by atoms with van der Waals surface area (Å²) >= 11 is 2.98. The maximum Gasteiger partial charge on any atom is 0.127 e. The van der Waals surface area contributed by atoms with Crippen LogP contribution in [0.4, 0.5) is 5.00 Å². The average Bonchev–Trinajstić information content (AvgIpc) is 2.89. The molecule has 0 aliphatic carbocycles. The number of hydrogen-bond acceptors (Lipinski definition) is 6. The lowest BCUT2D eigenvalue weighted by molar-refractivity contribution is 1.00. The molecule has 0 spiro atoms. The summed E-state index contributed by atoms with van der Waals surface area (Å²) in [6.45, 7) is 2.63. The van der Waals surface area contributed by atoms with Gasteiger partial charge in [0.05, 0.1) is 10.7 Å². The second-order valence-corrected chi connectivity index (χ2v) is 4.94. The van der Waals surface area contributed by atoms with Gasteiger partial charge in [-0.15, -0.1) is 11.3 Å². The standard InChI is InChI=1S/C10H10N4S2/c1-7-8(6-11)10(16-14-7)13-3-2-9-12-4-5-15-9/h4-5,13H,2-3H2,1H3. The van der Waals surface area contributed by atoms with Crippen LogP contribution in [-0.4, -0.2) is 15.9 Å². The van der Waals surface area contributed by atoms with Crippen LogP contribution in [0.25, 0.3) is 0 Å². The van der Waals surface area contributed by atoms with E-state index in [4.69, 9.17) is 5.26 Å². The van der Waals surface area contributed by atoms with Crippen molar-refractivity contribution in [3.05, 3.63) is 27.8 Å². The highest BCUT2D eigenvalue weighted by Gasteiger charge is 2.09. The topological polar surface area (TPSA) is 61.6 Å². The van der Waals surface area contributed by atoms with Gasteiger partial charge in [-0.3, -0.25) is 0 Å². The molecule has 2 heterocycles. The van der Waals surface area contributed by atoms with E-state index in [9.17, 15) is 0 Å². The maximum atomic E-state index is 8.94. The quantitative estimate of drug-likeness (QED) is 0.905. The first-order valence-corrected chi connectivity index (χ1v) is 6.45. The molecular formula is C10H10N4S2. The van der Waals surface area contributed by atoms with E-state index in [2.05, 4.69) is 20.7 Å². The fourth-order valence-corrected chi connectivity index (χ4v) is 2.67. The highest BCUT2D eigenvalue weighted by molar-refractivity contribution is 7.10. The number of thiazole rings is 1. The van der Waals surface area contributed by atoms with E-state index >= 15 is 0 Å². The number of nitrogens with zero attached hydrogens (tertiary/aromatic N) is 3. The van der Waals surface area contributed by atoms with Crippen LogP contribution in [-0.2, 0) is 6.42 Å². The van der Waals surface area contributed by atoms with Crippen LogP contribution in [0.1, 0.15) is 16.3 Å². The summed E-state index contributed by atoms with van der Waals surface area (Å²) in [7, 11) is 0. The predicted octanol–water partition coefficient (Wildman–Crippen LogP) is 2.43. The van der Waals surface area contributed by atoms with Crippen molar-refractivity contribution >= 4 is 27.9 Å². The largest absolute Gasteiger partial charge is 0.374 e. The molecule has 0 aliphatic rings. The molecule has 0 aliphatic heterocycles. The molecule has 0 saturated carbocycles. The van der Waals surface area contributed by atoms with Crippen LogP contribution < -0.4 is 5.32 Å². The zero-order chi connectivity index (χ0) is 11.4. The Bertz CT molecular complexity index is 495. The molecule has 16 heavy (non-hydrogen) atoms. The Balaban J connectivity index is 1.93. The van der Waals surface area contributed by atoms with E-state index in [0.29, 0.717) is 5.56 Å². The SMILES string of the molecule is Cc1nsc(NCCc2nccs2)c1C#N. The second-order valence-electron chi connectivity index (χ2n) is 3.19. The first-order chi connectivity index (χ1) is 7.81. The van der Waals surface area contributed by atoms with Gasteiger partial charge in [-0.05, 0) is 18.5 Å². The third-order valence-corrected chi connectivity index (χ3v) is 3.82. The summed E-state index contributed by atoms with van der Waals surface area (Å²) in [6, 6.07) is 2.16. The molecule has 0 aromatic carbocycles. The smallest absolute Gasteiger partial charge is 0.127 e. The Morgan fingerprint density at radius 1 is 1.56 bits per heavy atom. The Hall–Kier alpha value is -1.45. The molecule has 0 atom stereocenters. The lowest BCUT2D eigenvalue weighted by atomic mass is 10.3. The number of aromatic nitrogens is 2. The molecule has 0 bridgehead atoms. The normalized spacial score (nSPS) is 10.0. The summed E-state index contributed by atoms with van der Waals surface area (Å²) in [6.07, 6.45) is 2.68. The van der Waals surface area contributed by atoms with Gasteiger partial charge < -0.3 is 5.32 Å². The van der Waals surface area contributed by atoms with Crippen molar-refractivity contribution in [3.8, 4) is 6.07 Å². The third-order valence-electron chi connectivity index (χ3n) is 2.08. The van der Waals surface area contributed by atoms with Crippen molar-refractivity contribution < 1.29 is 0 Å². The van der Waals surface area contributed by atoms with Gasteiger partial charge in [0.25, 0.3) is 0 Å². The molecule has 2 aromatic heterocycles. The summed E-state index contributed by atoms with van der Waals surface area (Å²) < 4.78 is 4.15. The lowest BCUT2D eigenvalue weighted by Crippen LogP contribution is -2.04. The van der Waals surface area contributed by atoms with Crippen LogP contribution in [0.3, 0.4) is 0 Å². The van der Waals surface area contributed by atoms with E-state index in [0.717, 1.165) is 28.7 Å². The van der Waals surface area contributed by atoms with Gasteiger partial charge in [0.2, 0.25) is 0 Å². The summed E-state index contributed by atoms with van der Waals surface area (Å²) in [5.74, 6) is 0. The Kier molecular flexibility index (Phi) is 3.49. The predicted molar refractivity (Wildman–Crippen MR) is 65.9 cm³/mol. The number of anilines is 1. The first kappa shape index (κ1) is 11.0. The van der Waals surface area contributed by atoms with Crippen molar-refractivity contribution in [2.45, 2.75) is 13.3 Å². The van der Waals surface area contributed by atoms with Crippen LogP contribution in [0.2, 0.25) is 0 Å². The minimum absolute atomic E-state index is 0.657. The zero-order valence-electron chi connectivity index (χ0n) is 8.73. The van der Waals surface area contributed by atoms with E-state index in [1.54, 1.807) is 17.5 Å². The Labute approximate surface area is 102 Å². The molecule has 1 N–H and O–H groups in total. The van der Waals surface area contributed by atoms with E-state index in [1.165, 1.54) is 11.5 Å². The summed E-state index contributed by atoms with van der Waals surface area (Å²) in [5.41, 5.74) is 1.45. The Morgan fingerprint density at radius 3 is 3.12 bits per heavy atom. The highest BCUT2D eigenvalue weighted by atomic mass is 32.1. The fourth-order valence-electron chi connectivity index (χ4n) is 1.28. The van der Waals surface area contributed by atoms with Gasteiger partial charge in [0, 0.05) is 24.5 Å². The van der Waals surface area contributed by atoms with E-state index < -0.39 is 0 Å². The second kappa shape index (κ2) is 5.05. The molecule has 0 saturated heterocycles. The molecule has 82 valence electrons. The van der Waals surface area contributed by atoms with Gasteiger partial charge in [-0.25, -0.2) is 4.98 Å². The van der Waals surface area contributed by atoms with Crippen LogP contribution in [0.5, 0.6) is 0 Å².